The number of hydrogen-bond acceptors (Lipinski definition) is 4. The van der Waals surface area contributed by atoms with Crippen LogP contribution in [0.4, 0.5) is 0 Å². The second-order valence-electron chi connectivity index (χ2n) is 2.66. The van der Waals surface area contributed by atoms with Crippen LogP contribution in [0.5, 0.6) is 0 Å². The minimum atomic E-state index is -3.41. The monoisotopic (exact) mass is 197 g/mol. The summed E-state index contributed by atoms with van der Waals surface area (Å²) in [4.78, 5) is 18.9. The second-order valence-corrected chi connectivity index (χ2v) is 5.13. The Bertz CT molecular complexity index is 212. The van der Waals surface area contributed by atoms with Crippen LogP contribution >= 0.6 is 7.37 Å². The van der Waals surface area contributed by atoms with Gasteiger partial charge in [-0.2, -0.15) is 0 Å². The quantitative estimate of drug-likeness (QED) is 0.414. The zero-order valence-electron chi connectivity index (χ0n) is 6.54. The summed E-state index contributed by atoms with van der Waals surface area (Å²) in [7, 11) is -3.41. The van der Waals surface area contributed by atoms with Crippen LogP contribution in [-0.4, -0.2) is 46.0 Å². The summed E-state index contributed by atoms with van der Waals surface area (Å²) in [5, 5.41) is 17.3. The van der Waals surface area contributed by atoms with E-state index in [0.717, 1.165) is 6.66 Å². The highest BCUT2D eigenvalue weighted by Crippen LogP contribution is 2.35. The van der Waals surface area contributed by atoms with Crippen LogP contribution in [0.2, 0.25) is 0 Å². The molecule has 3 atom stereocenters. The van der Waals surface area contributed by atoms with E-state index < -0.39 is 31.6 Å². The van der Waals surface area contributed by atoms with Crippen molar-refractivity contribution in [2.24, 2.45) is 5.73 Å². The van der Waals surface area contributed by atoms with Gasteiger partial charge in [-0.05, 0) is 0 Å². The van der Waals surface area contributed by atoms with Gasteiger partial charge < -0.3 is 20.8 Å². The van der Waals surface area contributed by atoms with Gasteiger partial charge in [0, 0.05) is 6.66 Å². The Kier molecular flexibility index (Phi) is 3.86. The molecule has 0 fully saturated rings. The predicted octanol–water partition coefficient (Wildman–Crippen LogP) is -1.34. The lowest BCUT2D eigenvalue weighted by molar-refractivity contribution is -0.140. The molecule has 5 N–H and O–H groups in total. The molecule has 0 aromatic rings. The SMILES string of the molecule is CP(=O)(O)C[C@@H](O)[C@H](N)C(=O)O. The van der Waals surface area contributed by atoms with Crippen LogP contribution in [0, 0.1) is 0 Å². The van der Waals surface area contributed by atoms with Crippen LogP contribution in [0.15, 0.2) is 0 Å². The fourth-order valence-electron chi connectivity index (χ4n) is 0.625. The number of rotatable bonds is 4. The molecule has 0 saturated heterocycles. The summed E-state index contributed by atoms with van der Waals surface area (Å²) in [5.74, 6) is -1.39. The zero-order valence-corrected chi connectivity index (χ0v) is 7.44. The third-order valence-corrected chi connectivity index (χ3v) is 2.28. The first-order valence-corrected chi connectivity index (χ1v) is 5.49. The largest absolute Gasteiger partial charge is 0.480 e. The van der Waals surface area contributed by atoms with Crippen molar-refractivity contribution in [3.63, 3.8) is 0 Å². The van der Waals surface area contributed by atoms with Crippen molar-refractivity contribution >= 4 is 13.3 Å². The molecule has 0 aliphatic rings. The van der Waals surface area contributed by atoms with E-state index in [1.54, 1.807) is 0 Å². The van der Waals surface area contributed by atoms with Crippen molar-refractivity contribution in [3.05, 3.63) is 0 Å². The molecule has 0 rings (SSSR count). The molecule has 72 valence electrons. The van der Waals surface area contributed by atoms with Crippen LogP contribution in [-0.2, 0) is 9.36 Å². The minimum Gasteiger partial charge on any atom is -0.480 e. The molecule has 1 unspecified atom stereocenters. The van der Waals surface area contributed by atoms with Crippen LogP contribution in [0.25, 0.3) is 0 Å². The third-order valence-electron chi connectivity index (χ3n) is 1.23. The highest BCUT2D eigenvalue weighted by atomic mass is 31.2. The average Bonchev–Trinajstić information content (AvgIpc) is 1.82. The maximum absolute atomic E-state index is 10.7. The maximum Gasteiger partial charge on any atom is 0.323 e. The molecule has 0 aromatic heterocycles. The van der Waals surface area contributed by atoms with Gasteiger partial charge in [0.1, 0.15) is 6.04 Å². The topological polar surface area (TPSA) is 121 Å². The van der Waals surface area contributed by atoms with Crippen molar-refractivity contribution in [2.75, 3.05) is 12.8 Å². The van der Waals surface area contributed by atoms with Gasteiger partial charge in [0.05, 0.1) is 12.3 Å². The summed E-state index contributed by atoms with van der Waals surface area (Å²) in [6.45, 7) is 1.03. The number of aliphatic hydroxyl groups is 1. The fraction of sp³-hybridized carbons (Fsp3) is 0.800. The molecule has 0 radical (unpaired) electrons. The molecule has 0 aliphatic carbocycles. The standard InChI is InChI=1S/C5H12NO5P/c1-12(10,11)2-3(7)4(6)5(8)9/h3-4,7H,2,6H2,1H3,(H,8,9)(H,10,11)/t3-,4+/m1/s1. The van der Waals surface area contributed by atoms with Gasteiger partial charge in [-0.15, -0.1) is 0 Å². The molecule has 0 heterocycles. The van der Waals surface area contributed by atoms with Crippen LogP contribution < -0.4 is 5.73 Å². The summed E-state index contributed by atoms with van der Waals surface area (Å²) >= 11 is 0. The smallest absolute Gasteiger partial charge is 0.323 e. The zero-order chi connectivity index (χ0) is 9.94. The maximum atomic E-state index is 10.7. The van der Waals surface area contributed by atoms with E-state index in [2.05, 4.69) is 0 Å². The molecule has 6 nitrogen and oxygen atoms in total. The van der Waals surface area contributed by atoms with Crippen molar-refractivity contribution in [1.29, 1.82) is 0 Å². The Morgan fingerprint density at radius 3 is 2.33 bits per heavy atom. The van der Waals surface area contributed by atoms with E-state index in [0.29, 0.717) is 0 Å². The number of carboxylic acids is 1. The van der Waals surface area contributed by atoms with E-state index in [1.165, 1.54) is 0 Å². The van der Waals surface area contributed by atoms with Crippen LogP contribution in [0.1, 0.15) is 0 Å². The Morgan fingerprint density at radius 1 is 1.67 bits per heavy atom. The number of hydrogen-bond donors (Lipinski definition) is 4. The molecule has 0 amide bonds. The number of aliphatic carboxylic acids is 1. The number of aliphatic hydroxyl groups excluding tert-OH is 1. The Hall–Kier alpha value is -0.420. The van der Waals surface area contributed by atoms with Gasteiger partial charge in [0.25, 0.3) is 0 Å². The highest BCUT2D eigenvalue weighted by molar-refractivity contribution is 7.57. The predicted molar refractivity (Wildman–Crippen MR) is 42.2 cm³/mol. The van der Waals surface area contributed by atoms with E-state index in [4.69, 9.17) is 20.8 Å². The third kappa shape index (κ3) is 4.46. The van der Waals surface area contributed by atoms with Gasteiger partial charge in [-0.1, -0.05) is 0 Å². The van der Waals surface area contributed by atoms with Gasteiger partial charge >= 0.3 is 5.97 Å². The first-order valence-electron chi connectivity index (χ1n) is 3.20. The van der Waals surface area contributed by atoms with Crippen molar-refractivity contribution < 1.29 is 24.5 Å². The van der Waals surface area contributed by atoms with Crippen molar-refractivity contribution in [1.82, 2.24) is 0 Å². The normalized spacial score (nSPS) is 21.0. The lowest BCUT2D eigenvalue weighted by atomic mass is 10.2. The molecule has 0 spiro atoms. The molecule has 0 aliphatic heterocycles. The Morgan fingerprint density at radius 2 is 2.08 bits per heavy atom. The molecule has 7 heteroatoms. The number of carbonyl (C=O) groups is 1. The van der Waals surface area contributed by atoms with Crippen molar-refractivity contribution in [2.45, 2.75) is 12.1 Å². The first-order chi connectivity index (χ1) is 5.24. The van der Waals surface area contributed by atoms with Gasteiger partial charge in [0.15, 0.2) is 7.37 Å². The van der Waals surface area contributed by atoms with Gasteiger partial charge in [-0.3, -0.25) is 9.36 Å². The lowest BCUT2D eigenvalue weighted by Gasteiger charge is -2.15. The van der Waals surface area contributed by atoms with Gasteiger partial charge in [-0.25, -0.2) is 0 Å². The number of nitrogens with two attached hydrogens (primary N) is 1. The second kappa shape index (κ2) is 4.00. The Labute approximate surface area is 69.5 Å². The summed E-state index contributed by atoms with van der Waals surface area (Å²) in [6.07, 6.45) is -1.98. The van der Waals surface area contributed by atoms with E-state index in [-0.39, 0.29) is 0 Å². The lowest BCUT2D eigenvalue weighted by Crippen LogP contribution is -2.43. The average molecular weight is 197 g/mol. The first kappa shape index (κ1) is 11.6. The molecule has 0 bridgehead atoms. The molecule has 0 saturated carbocycles. The molecular weight excluding hydrogens is 185 g/mol. The van der Waals surface area contributed by atoms with Crippen molar-refractivity contribution in [3.8, 4) is 0 Å². The molecule has 0 aromatic carbocycles. The molecular formula is C5H12NO5P. The highest BCUT2D eigenvalue weighted by Gasteiger charge is 2.27. The summed E-state index contributed by atoms with van der Waals surface area (Å²) in [5.41, 5.74) is 4.99. The van der Waals surface area contributed by atoms with E-state index in [1.807, 2.05) is 0 Å². The summed E-state index contributed by atoms with van der Waals surface area (Å²) < 4.78 is 10.7. The van der Waals surface area contributed by atoms with E-state index in [9.17, 15) is 9.36 Å². The van der Waals surface area contributed by atoms with Crippen LogP contribution in [0.3, 0.4) is 0 Å². The summed E-state index contributed by atoms with van der Waals surface area (Å²) in [6, 6.07) is -1.51. The van der Waals surface area contributed by atoms with Gasteiger partial charge in [0.2, 0.25) is 0 Å². The number of carboxylic acid groups (broad SMARTS) is 1. The Balaban J connectivity index is 4.13. The minimum absolute atomic E-state index is 0.500. The van der Waals surface area contributed by atoms with E-state index >= 15 is 0 Å². The fourth-order valence-corrected chi connectivity index (χ4v) is 1.55. The molecule has 12 heavy (non-hydrogen) atoms.